The third-order valence-electron chi connectivity index (χ3n) is 4.55. The van der Waals surface area contributed by atoms with Crippen LogP contribution in [0.25, 0.3) is 0 Å². The third-order valence-corrected chi connectivity index (χ3v) is 5.02. The maximum atomic E-state index is 5.88. The number of nitrogens with zero attached hydrogens (tertiary/aromatic N) is 5. The van der Waals surface area contributed by atoms with E-state index in [0.29, 0.717) is 11.8 Å². The van der Waals surface area contributed by atoms with Crippen molar-refractivity contribution in [2.24, 2.45) is 5.92 Å². The van der Waals surface area contributed by atoms with Crippen LogP contribution in [0.4, 0.5) is 5.82 Å². The van der Waals surface area contributed by atoms with Crippen LogP contribution in [0.5, 0.6) is 5.88 Å². The van der Waals surface area contributed by atoms with E-state index in [1.807, 2.05) is 6.20 Å². The van der Waals surface area contributed by atoms with Crippen LogP contribution in [0.3, 0.4) is 0 Å². The predicted octanol–water partition coefficient (Wildman–Crippen LogP) is 2.11. The molecule has 1 saturated heterocycles. The van der Waals surface area contributed by atoms with E-state index in [1.54, 1.807) is 0 Å². The molecule has 4 rings (SSSR count). The molecule has 2 aliphatic rings. The fourth-order valence-corrected chi connectivity index (χ4v) is 3.64. The van der Waals surface area contributed by atoms with Gasteiger partial charge in [0.1, 0.15) is 0 Å². The lowest BCUT2D eigenvalue weighted by atomic mass is 9.98. The Balaban J connectivity index is 1.28. The Kier molecular flexibility index (Phi) is 3.88. The summed E-state index contributed by atoms with van der Waals surface area (Å²) in [7, 11) is 0. The van der Waals surface area contributed by atoms with Crippen molar-refractivity contribution < 1.29 is 4.74 Å². The second-order valence-corrected chi connectivity index (χ2v) is 6.57. The molecule has 1 fully saturated rings. The highest BCUT2D eigenvalue weighted by molar-refractivity contribution is 6.99. The number of anilines is 1. The lowest BCUT2D eigenvalue weighted by molar-refractivity contribution is 0.214. The van der Waals surface area contributed by atoms with E-state index >= 15 is 0 Å². The van der Waals surface area contributed by atoms with Gasteiger partial charge in [0.2, 0.25) is 5.88 Å². The molecule has 1 aliphatic heterocycles. The summed E-state index contributed by atoms with van der Waals surface area (Å²) in [4.78, 5) is 2.30. The average molecular weight is 317 g/mol. The molecule has 2 aromatic heterocycles. The van der Waals surface area contributed by atoms with Gasteiger partial charge in [0.25, 0.3) is 0 Å². The van der Waals surface area contributed by atoms with Gasteiger partial charge in [0.05, 0.1) is 30.2 Å². The minimum atomic E-state index is 0.581. The predicted molar refractivity (Wildman–Crippen MR) is 84.4 cm³/mol. The zero-order chi connectivity index (χ0) is 14.8. The first-order chi connectivity index (χ1) is 10.9. The summed E-state index contributed by atoms with van der Waals surface area (Å²) < 4.78 is 14.2. The van der Waals surface area contributed by atoms with Crippen LogP contribution >= 0.6 is 11.7 Å². The number of hydrogen-bond donors (Lipinski definition) is 0. The highest BCUT2D eigenvalue weighted by atomic mass is 32.1. The molecule has 6 nitrogen and oxygen atoms in total. The molecule has 0 saturated carbocycles. The molecule has 1 aliphatic carbocycles. The molecular weight excluding hydrogens is 298 g/mol. The molecule has 0 unspecified atom stereocenters. The highest BCUT2D eigenvalue weighted by Gasteiger charge is 2.22. The first-order valence-electron chi connectivity index (χ1n) is 7.89. The number of ether oxygens (including phenoxy) is 1. The molecule has 0 amide bonds. The summed E-state index contributed by atoms with van der Waals surface area (Å²) >= 11 is 1.27. The van der Waals surface area contributed by atoms with Crippen molar-refractivity contribution >= 4 is 17.5 Å². The van der Waals surface area contributed by atoms with E-state index in [2.05, 4.69) is 29.9 Å². The van der Waals surface area contributed by atoms with Crippen LogP contribution in [0.2, 0.25) is 0 Å². The summed E-state index contributed by atoms with van der Waals surface area (Å²) in [6.07, 6.45) is 7.46. The summed E-state index contributed by atoms with van der Waals surface area (Å²) in [5, 5.41) is 8.46. The van der Waals surface area contributed by atoms with E-state index < -0.39 is 0 Å². The Morgan fingerprint density at radius 3 is 2.95 bits per heavy atom. The van der Waals surface area contributed by atoms with E-state index in [-0.39, 0.29) is 0 Å². The zero-order valence-corrected chi connectivity index (χ0v) is 13.3. The fraction of sp³-hybridized carbons (Fsp3) is 0.600. The fourth-order valence-electron chi connectivity index (χ4n) is 3.21. The first kappa shape index (κ1) is 13.9. The first-order valence-corrected chi connectivity index (χ1v) is 8.62. The van der Waals surface area contributed by atoms with Crippen LogP contribution in [0.1, 0.15) is 30.5 Å². The second kappa shape index (κ2) is 6.16. The number of hydrogen-bond acceptors (Lipinski definition) is 7. The second-order valence-electron chi connectivity index (χ2n) is 6.02. The van der Waals surface area contributed by atoms with Gasteiger partial charge in [-0.2, -0.15) is 13.8 Å². The van der Waals surface area contributed by atoms with Gasteiger partial charge in [-0.15, -0.1) is 5.10 Å². The number of fused-ring (bicyclic) bond motifs is 1. The Hall–Kier alpha value is -1.76. The molecule has 0 bridgehead atoms. The Bertz CT molecular complexity index is 625. The SMILES string of the molecule is c1nsnc1N1CCC(COc2cc3c(nn2)CCC3)CC1. The quantitative estimate of drug-likeness (QED) is 0.860. The number of aryl methyl sites for hydroxylation is 2. The zero-order valence-electron chi connectivity index (χ0n) is 12.4. The molecule has 22 heavy (non-hydrogen) atoms. The van der Waals surface area contributed by atoms with Gasteiger partial charge >= 0.3 is 0 Å². The van der Waals surface area contributed by atoms with Crippen molar-refractivity contribution in [3.8, 4) is 5.88 Å². The summed E-state index contributed by atoms with van der Waals surface area (Å²) in [6, 6.07) is 2.07. The van der Waals surface area contributed by atoms with Crippen LogP contribution in [-0.2, 0) is 12.8 Å². The maximum Gasteiger partial charge on any atom is 0.233 e. The van der Waals surface area contributed by atoms with Gasteiger partial charge in [-0.3, -0.25) is 0 Å². The number of piperidine rings is 1. The van der Waals surface area contributed by atoms with E-state index in [1.165, 1.54) is 23.7 Å². The maximum absolute atomic E-state index is 5.88. The minimum absolute atomic E-state index is 0.581. The number of rotatable bonds is 4. The van der Waals surface area contributed by atoms with Gasteiger partial charge in [0, 0.05) is 19.2 Å². The Labute approximate surface area is 133 Å². The van der Waals surface area contributed by atoms with Crippen molar-refractivity contribution in [2.75, 3.05) is 24.6 Å². The molecule has 7 heteroatoms. The summed E-state index contributed by atoms with van der Waals surface area (Å²) in [6.45, 7) is 2.78. The molecule has 0 atom stereocenters. The molecular formula is C15H19N5OS. The third kappa shape index (κ3) is 2.90. The monoisotopic (exact) mass is 317 g/mol. The van der Waals surface area contributed by atoms with Gasteiger partial charge in [-0.1, -0.05) is 0 Å². The van der Waals surface area contributed by atoms with Crippen molar-refractivity contribution in [2.45, 2.75) is 32.1 Å². The van der Waals surface area contributed by atoms with Gasteiger partial charge in [-0.25, -0.2) is 0 Å². The van der Waals surface area contributed by atoms with Crippen LogP contribution in [-0.4, -0.2) is 38.6 Å². The van der Waals surface area contributed by atoms with Crippen LogP contribution in [0.15, 0.2) is 12.3 Å². The topological polar surface area (TPSA) is 64.0 Å². The Morgan fingerprint density at radius 2 is 2.14 bits per heavy atom. The molecule has 0 N–H and O–H groups in total. The van der Waals surface area contributed by atoms with Gasteiger partial charge in [0.15, 0.2) is 5.82 Å². The van der Waals surface area contributed by atoms with Crippen molar-refractivity contribution in [3.05, 3.63) is 23.5 Å². The van der Waals surface area contributed by atoms with Crippen LogP contribution < -0.4 is 9.64 Å². The Morgan fingerprint density at radius 1 is 1.23 bits per heavy atom. The molecule has 116 valence electrons. The summed E-state index contributed by atoms with van der Waals surface area (Å²) in [5.74, 6) is 2.28. The largest absolute Gasteiger partial charge is 0.476 e. The highest BCUT2D eigenvalue weighted by Crippen LogP contribution is 2.24. The van der Waals surface area contributed by atoms with Crippen molar-refractivity contribution in [1.29, 1.82) is 0 Å². The molecule has 0 spiro atoms. The molecule has 2 aromatic rings. The average Bonchev–Trinajstić information content (AvgIpc) is 3.24. The van der Waals surface area contributed by atoms with E-state index in [9.17, 15) is 0 Å². The van der Waals surface area contributed by atoms with Gasteiger partial charge < -0.3 is 9.64 Å². The summed E-state index contributed by atoms with van der Waals surface area (Å²) in [5.41, 5.74) is 2.47. The number of aromatic nitrogens is 4. The lowest BCUT2D eigenvalue weighted by Crippen LogP contribution is -2.35. The lowest BCUT2D eigenvalue weighted by Gasteiger charge is -2.31. The molecule has 0 aromatic carbocycles. The smallest absolute Gasteiger partial charge is 0.233 e. The van der Waals surface area contributed by atoms with E-state index in [4.69, 9.17) is 4.74 Å². The normalized spacial score (nSPS) is 18.5. The van der Waals surface area contributed by atoms with Crippen molar-refractivity contribution in [1.82, 2.24) is 18.9 Å². The van der Waals surface area contributed by atoms with E-state index in [0.717, 1.165) is 56.9 Å². The minimum Gasteiger partial charge on any atom is -0.476 e. The molecule has 0 radical (unpaired) electrons. The van der Waals surface area contributed by atoms with Crippen LogP contribution in [0, 0.1) is 5.92 Å². The van der Waals surface area contributed by atoms with Crippen molar-refractivity contribution in [3.63, 3.8) is 0 Å². The standard InChI is InChI=1S/C15H19N5OS/c1-2-12-8-15(18-17-13(12)3-1)21-10-11-4-6-20(7-5-11)14-9-16-22-19-14/h8-9,11H,1-7,10H2. The molecule has 3 heterocycles. The van der Waals surface area contributed by atoms with Gasteiger partial charge in [-0.05, 0) is 43.6 Å².